The standard InChI is InChI=1S/C18H15ClN2O3S/c1-23-14-8-5-9-15(24-2)16(14)17(22)21-18-20-13(10-25-18)11-6-3-4-7-12(11)19/h3-10H,1-2H3,(H,20,21,22). The Morgan fingerprint density at radius 3 is 2.40 bits per heavy atom. The molecule has 0 spiro atoms. The minimum atomic E-state index is -0.352. The van der Waals surface area contributed by atoms with Crippen molar-refractivity contribution in [2.45, 2.75) is 0 Å². The first-order valence-electron chi connectivity index (χ1n) is 7.36. The quantitative estimate of drug-likeness (QED) is 0.701. The predicted molar refractivity (Wildman–Crippen MR) is 100 cm³/mol. The molecule has 0 fully saturated rings. The van der Waals surface area contributed by atoms with Gasteiger partial charge in [0.1, 0.15) is 17.1 Å². The molecule has 0 radical (unpaired) electrons. The number of aromatic nitrogens is 1. The lowest BCUT2D eigenvalue weighted by Gasteiger charge is -2.11. The Morgan fingerprint density at radius 1 is 1.08 bits per heavy atom. The van der Waals surface area contributed by atoms with E-state index in [2.05, 4.69) is 10.3 Å². The highest BCUT2D eigenvalue weighted by Gasteiger charge is 2.19. The molecule has 3 rings (SSSR count). The van der Waals surface area contributed by atoms with Gasteiger partial charge in [0, 0.05) is 16.0 Å². The number of carbonyl (C=O) groups excluding carboxylic acids is 1. The second kappa shape index (κ2) is 7.55. The first kappa shape index (κ1) is 17.3. The number of ether oxygens (including phenoxy) is 2. The summed E-state index contributed by atoms with van der Waals surface area (Å²) < 4.78 is 10.5. The van der Waals surface area contributed by atoms with E-state index in [1.165, 1.54) is 25.6 Å². The van der Waals surface area contributed by atoms with Crippen LogP contribution in [0.25, 0.3) is 11.3 Å². The zero-order valence-corrected chi connectivity index (χ0v) is 15.1. The summed E-state index contributed by atoms with van der Waals surface area (Å²) in [6, 6.07) is 12.6. The van der Waals surface area contributed by atoms with Gasteiger partial charge in [0.2, 0.25) is 0 Å². The van der Waals surface area contributed by atoms with Crippen LogP contribution in [-0.4, -0.2) is 25.1 Å². The lowest BCUT2D eigenvalue weighted by molar-refractivity contribution is 0.102. The van der Waals surface area contributed by atoms with Crippen LogP contribution in [0.4, 0.5) is 5.13 Å². The van der Waals surface area contributed by atoms with Crippen LogP contribution in [0.5, 0.6) is 11.5 Å². The number of hydrogen-bond donors (Lipinski definition) is 1. The van der Waals surface area contributed by atoms with E-state index >= 15 is 0 Å². The molecule has 128 valence electrons. The van der Waals surface area contributed by atoms with Crippen molar-refractivity contribution in [1.29, 1.82) is 0 Å². The molecule has 0 saturated heterocycles. The first-order chi connectivity index (χ1) is 12.1. The molecule has 1 N–H and O–H groups in total. The number of amides is 1. The SMILES string of the molecule is COc1cccc(OC)c1C(=O)Nc1nc(-c2ccccc2Cl)cs1. The van der Waals surface area contributed by atoms with Crippen molar-refractivity contribution in [3.8, 4) is 22.8 Å². The van der Waals surface area contributed by atoms with Gasteiger partial charge in [-0.25, -0.2) is 4.98 Å². The van der Waals surface area contributed by atoms with Crippen LogP contribution in [0, 0.1) is 0 Å². The molecule has 0 bridgehead atoms. The summed E-state index contributed by atoms with van der Waals surface area (Å²) in [5.41, 5.74) is 1.84. The smallest absolute Gasteiger partial charge is 0.265 e. The third-order valence-corrected chi connectivity index (χ3v) is 4.62. The summed E-state index contributed by atoms with van der Waals surface area (Å²) in [6.07, 6.45) is 0. The van der Waals surface area contributed by atoms with Crippen LogP contribution in [0.2, 0.25) is 5.02 Å². The van der Waals surface area contributed by atoms with Gasteiger partial charge >= 0.3 is 0 Å². The largest absolute Gasteiger partial charge is 0.496 e. The van der Waals surface area contributed by atoms with E-state index in [4.69, 9.17) is 21.1 Å². The van der Waals surface area contributed by atoms with E-state index in [0.29, 0.717) is 32.9 Å². The van der Waals surface area contributed by atoms with E-state index in [9.17, 15) is 4.79 Å². The summed E-state index contributed by atoms with van der Waals surface area (Å²) >= 11 is 7.51. The molecule has 2 aromatic carbocycles. The molecule has 0 saturated carbocycles. The molecule has 1 amide bonds. The molecule has 0 atom stereocenters. The van der Waals surface area contributed by atoms with Crippen LogP contribution < -0.4 is 14.8 Å². The van der Waals surface area contributed by atoms with E-state index in [-0.39, 0.29) is 5.91 Å². The van der Waals surface area contributed by atoms with E-state index in [0.717, 1.165) is 5.56 Å². The second-order valence-corrected chi connectivity index (χ2v) is 6.27. The number of nitrogens with one attached hydrogen (secondary N) is 1. The number of hydrogen-bond acceptors (Lipinski definition) is 5. The van der Waals surface area contributed by atoms with Crippen molar-refractivity contribution < 1.29 is 14.3 Å². The van der Waals surface area contributed by atoms with Crippen LogP contribution in [0.3, 0.4) is 0 Å². The molecule has 25 heavy (non-hydrogen) atoms. The summed E-state index contributed by atoms with van der Waals surface area (Å²) in [5, 5.41) is 5.70. The highest BCUT2D eigenvalue weighted by Crippen LogP contribution is 2.32. The van der Waals surface area contributed by atoms with Gasteiger partial charge in [0.25, 0.3) is 5.91 Å². The maximum absolute atomic E-state index is 12.7. The maximum Gasteiger partial charge on any atom is 0.265 e. The van der Waals surface area contributed by atoms with Gasteiger partial charge in [-0.05, 0) is 18.2 Å². The zero-order chi connectivity index (χ0) is 17.8. The van der Waals surface area contributed by atoms with E-state index in [1.54, 1.807) is 24.3 Å². The molecule has 3 aromatic rings. The van der Waals surface area contributed by atoms with Crippen molar-refractivity contribution in [3.63, 3.8) is 0 Å². The fraction of sp³-hybridized carbons (Fsp3) is 0.111. The molecule has 1 aromatic heterocycles. The summed E-state index contributed by atoms with van der Waals surface area (Å²) in [5.74, 6) is 0.508. The minimum absolute atomic E-state index is 0.321. The van der Waals surface area contributed by atoms with Crippen molar-refractivity contribution in [1.82, 2.24) is 4.98 Å². The fourth-order valence-electron chi connectivity index (χ4n) is 2.36. The van der Waals surface area contributed by atoms with Crippen molar-refractivity contribution >= 4 is 34.0 Å². The molecule has 5 nitrogen and oxygen atoms in total. The molecular formula is C18H15ClN2O3S. The number of carbonyl (C=O) groups is 1. The summed E-state index contributed by atoms with van der Waals surface area (Å²) in [6.45, 7) is 0. The van der Waals surface area contributed by atoms with Gasteiger partial charge in [-0.15, -0.1) is 11.3 Å². The van der Waals surface area contributed by atoms with Gasteiger partial charge in [-0.3, -0.25) is 10.1 Å². The highest BCUT2D eigenvalue weighted by atomic mass is 35.5. The Kier molecular flexibility index (Phi) is 5.21. The minimum Gasteiger partial charge on any atom is -0.496 e. The van der Waals surface area contributed by atoms with Crippen molar-refractivity contribution in [3.05, 3.63) is 58.4 Å². The molecule has 0 aliphatic heterocycles. The van der Waals surface area contributed by atoms with Gasteiger partial charge in [-0.2, -0.15) is 0 Å². The number of thiazole rings is 1. The Morgan fingerprint density at radius 2 is 1.76 bits per heavy atom. The van der Waals surface area contributed by atoms with Crippen molar-refractivity contribution in [2.75, 3.05) is 19.5 Å². The average molecular weight is 375 g/mol. The van der Waals surface area contributed by atoms with Crippen LogP contribution >= 0.6 is 22.9 Å². The van der Waals surface area contributed by atoms with Gasteiger partial charge in [0.05, 0.1) is 19.9 Å². The average Bonchev–Trinajstić information content (AvgIpc) is 3.09. The Balaban J connectivity index is 1.87. The number of benzene rings is 2. The highest BCUT2D eigenvalue weighted by molar-refractivity contribution is 7.14. The number of nitrogens with zero attached hydrogens (tertiary/aromatic N) is 1. The summed E-state index contributed by atoms with van der Waals surface area (Å²) in [7, 11) is 3.01. The third-order valence-electron chi connectivity index (χ3n) is 3.53. The first-order valence-corrected chi connectivity index (χ1v) is 8.62. The van der Waals surface area contributed by atoms with Gasteiger partial charge < -0.3 is 9.47 Å². The number of methoxy groups -OCH3 is 2. The van der Waals surface area contributed by atoms with E-state index in [1.807, 2.05) is 23.6 Å². The molecule has 7 heteroatoms. The van der Waals surface area contributed by atoms with Gasteiger partial charge in [0.15, 0.2) is 5.13 Å². The maximum atomic E-state index is 12.7. The molecule has 0 aliphatic carbocycles. The fourth-order valence-corrected chi connectivity index (χ4v) is 3.30. The number of anilines is 1. The molecule has 1 heterocycles. The number of halogens is 1. The normalized spacial score (nSPS) is 10.4. The van der Waals surface area contributed by atoms with Crippen molar-refractivity contribution in [2.24, 2.45) is 0 Å². The molecule has 0 aliphatic rings. The Labute approximate surface area is 154 Å². The van der Waals surface area contributed by atoms with Gasteiger partial charge in [-0.1, -0.05) is 35.9 Å². The topological polar surface area (TPSA) is 60.5 Å². The number of rotatable bonds is 5. The summed E-state index contributed by atoms with van der Waals surface area (Å²) in [4.78, 5) is 17.1. The lowest BCUT2D eigenvalue weighted by Crippen LogP contribution is -2.14. The monoisotopic (exact) mass is 374 g/mol. The second-order valence-electron chi connectivity index (χ2n) is 5.01. The lowest BCUT2D eigenvalue weighted by atomic mass is 10.1. The molecular weight excluding hydrogens is 360 g/mol. The third kappa shape index (κ3) is 3.60. The van der Waals surface area contributed by atoms with Crippen LogP contribution in [0.1, 0.15) is 10.4 Å². The molecule has 0 unspecified atom stereocenters. The Bertz CT molecular complexity index is 889. The Hall–Kier alpha value is -2.57. The zero-order valence-electron chi connectivity index (χ0n) is 13.6. The van der Waals surface area contributed by atoms with Crippen LogP contribution in [0.15, 0.2) is 47.8 Å². The predicted octanol–water partition coefficient (Wildman–Crippen LogP) is 4.73. The van der Waals surface area contributed by atoms with E-state index < -0.39 is 0 Å². The van der Waals surface area contributed by atoms with Crippen LogP contribution in [-0.2, 0) is 0 Å².